The lowest BCUT2D eigenvalue weighted by atomic mass is 9.98. The summed E-state index contributed by atoms with van der Waals surface area (Å²) in [7, 11) is -2.13. The molecule has 1 amide bonds. The molecule has 5 rings (SSSR count). The second-order valence-corrected chi connectivity index (χ2v) is 13.0. The highest BCUT2D eigenvalue weighted by atomic mass is 35.5. The van der Waals surface area contributed by atoms with Crippen molar-refractivity contribution < 1.29 is 22.4 Å². The van der Waals surface area contributed by atoms with Gasteiger partial charge < -0.3 is 9.15 Å². The van der Waals surface area contributed by atoms with E-state index in [4.69, 9.17) is 25.7 Å². The van der Waals surface area contributed by atoms with Crippen LogP contribution in [-0.4, -0.2) is 43.8 Å². The quantitative estimate of drug-likeness (QED) is 0.311. The number of ether oxygens (including phenoxy) is 1. The van der Waals surface area contributed by atoms with E-state index < -0.39 is 15.9 Å². The summed E-state index contributed by atoms with van der Waals surface area (Å²) in [5.74, 6) is 0.603. The van der Waals surface area contributed by atoms with Crippen molar-refractivity contribution in [2.45, 2.75) is 23.6 Å². The van der Waals surface area contributed by atoms with Gasteiger partial charge in [-0.05, 0) is 49.2 Å². The zero-order valence-corrected chi connectivity index (χ0v) is 21.9. The van der Waals surface area contributed by atoms with E-state index in [1.54, 1.807) is 36.5 Å². The molecule has 3 aromatic heterocycles. The predicted octanol–water partition coefficient (Wildman–Crippen LogP) is 5.25. The van der Waals surface area contributed by atoms with Crippen LogP contribution in [0.5, 0.6) is 5.75 Å². The summed E-state index contributed by atoms with van der Waals surface area (Å²) >= 11 is 8.38. The first-order valence-electron chi connectivity index (χ1n) is 10.9. The van der Waals surface area contributed by atoms with E-state index in [1.807, 2.05) is 18.2 Å². The maximum Gasteiger partial charge on any atom is 0.252 e. The fourth-order valence-electron chi connectivity index (χ4n) is 4.08. The maximum absolute atomic E-state index is 13.8. The number of halogens is 1. The number of sulfonamides is 1. The first kappa shape index (κ1) is 24.3. The number of fused-ring (bicyclic) bond motifs is 1. The van der Waals surface area contributed by atoms with Crippen LogP contribution in [0, 0.1) is 5.92 Å². The minimum absolute atomic E-state index is 0.101. The van der Waals surface area contributed by atoms with Crippen molar-refractivity contribution in [1.29, 1.82) is 0 Å². The number of piperidine rings is 1. The molecule has 0 aliphatic carbocycles. The van der Waals surface area contributed by atoms with E-state index in [2.05, 4.69) is 0 Å². The number of furan rings is 1. The van der Waals surface area contributed by atoms with Crippen molar-refractivity contribution >= 4 is 65.6 Å². The summed E-state index contributed by atoms with van der Waals surface area (Å²) in [4.78, 5) is 20.1. The summed E-state index contributed by atoms with van der Waals surface area (Å²) in [6.45, 7) is 0.664. The maximum atomic E-state index is 13.8. The van der Waals surface area contributed by atoms with Crippen LogP contribution < -0.4 is 9.64 Å². The first-order valence-corrected chi connectivity index (χ1v) is 14.3. The fourth-order valence-corrected chi connectivity index (χ4v) is 8.19. The van der Waals surface area contributed by atoms with E-state index in [0.29, 0.717) is 40.4 Å². The van der Waals surface area contributed by atoms with Crippen LogP contribution in [0.25, 0.3) is 10.2 Å². The van der Waals surface area contributed by atoms with Gasteiger partial charge in [-0.15, -0.1) is 11.3 Å². The lowest BCUT2D eigenvalue weighted by molar-refractivity contribution is -0.123. The average molecular weight is 552 g/mol. The van der Waals surface area contributed by atoms with Gasteiger partial charge in [0.05, 0.1) is 40.4 Å². The molecule has 0 radical (unpaired) electrons. The Hall–Kier alpha value is -2.44. The summed E-state index contributed by atoms with van der Waals surface area (Å²) in [5, 5.41) is 0.527. The van der Waals surface area contributed by atoms with Crippen molar-refractivity contribution in [2.75, 3.05) is 25.1 Å². The van der Waals surface area contributed by atoms with Crippen molar-refractivity contribution in [3.8, 4) is 5.75 Å². The number of anilines is 1. The summed E-state index contributed by atoms with van der Waals surface area (Å²) < 4.78 is 40.0. The standard InChI is InChI=1S/C23H22ClN3O5S3/c1-31-16-6-7-19-18(12-16)25-23(33-19)27(14-17-5-3-11-32-17)22(28)15-4-2-10-26(13-15)35(29,30)21-9-8-20(24)34-21/h3,5-9,11-12,15H,2,4,10,13-14H2,1H3. The Bertz CT molecular complexity index is 1450. The van der Waals surface area contributed by atoms with Gasteiger partial charge in [0.15, 0.2) is 5.13 Å². The number of aromatic nitrogens is 1. The minimum Gasteiger partial charge on any atom is -0.497 e. The molecule has 1 aliphatic rings. The lowest BCUT2D eigenvalue weighted by Gasteiger charge is -2.33. The number of rotatable bonds is 7. The van der Waals surface area contributed by atoms with Crippen LogP contribution in [0.2, 0.25) is 4.34 Å². The molecule has 12 heteroatoms. The predicted molar refractivity (Wildman–Crippen MR) is 137 cm³/mol. The van der Waals surface area contributed by atoms with Crippen LogP contribution in [0.3, 0.4) is 0 Å². The molecule has 1 saturated heterocycles. The van der Waals surface area contributed by atoms with E-state index in [-0.39, 0.29) is 23.2 Å². The molecule has 1 atom stereocenters. The molecular formula is C23H22ClN3O5S3. The van der Waals surface area contributed by atoms with Gasteiger partial charge in [0.1, 0.15) is 15.7 Å². The highest BCUT2D eigenvalue weighted by molar-refractivity contribution is 7.91. The normalized spacial score (nSPS) is 17.0. The molecule has 1 unspecified atom stereocenters. The number of hydrogen-bond acceptors (Lipinski definition) is 8. The molecular weight excluding hydrogens is 530 g/mol. The fraction of sp³-hybridized carbons (Fsp3) is 0.304. The van der Waals surface area contributed by atoms with Gasteiger partial charge in [0.25, 0.3) is 10.0 Å². The molecule has 4 aromatic rings. The molecule has 8 nitrogen and oxygen atoms in total. The number of benzene rings is 1. The third-order valence-corrected chi connectivity index (χ3v) is 10.5. The van der Waals surface area contributed by atoms with E-state index in [1.165, 1.54) is 21.7 Å². The number of nitrogens with zero attached hydrogens (tertiary/aromatic N) is 3. The number of amides is 1. The molecule has 0 N–H and O–H groups in total. The Morgan fingerprint density at radius 2 is 2.14 bits per heavy atom. The van der Waals surface area contributed by atoms with Gasteiger partial charge in [-0.1, -0.05) is 22.9 Å². The van der Waals surface area contributed by atoms with Crippen LogP contribution in [0.1, 0.15) is 18.6 Å². The topological polar surface area (TPSA) is 93.0 Å². The summed E-state index contributed by atoms with van der Waals surface area (Å²) in [6.07, 6.45) is 2.73. The highest BCUT2D eigenvalue weighted by Gasteiger charge is 2.37. The molecule has 1 fully saturated rings. The third-order valence-electron chi connectivity index (χ3n) is 5.85. The molecule has 0 bridgehead atoms. The number of hydrogen-bond donors (Lipinski definition) is 0. The lowest BCUT2D eigenvalue weighted by Crippen LogP contribution is -2.46. The van der Waals surface area contributed by atoms with Gasteiger partial charge in [-0.25, -0.2) is 13.4 Å². The number of carbonyl (C=O) groups excluding carboxylic acids is 1. The number of thiazole rings is 1. The van der Waals surface area contributed by atoms with E-state index in [0.717, 1.165) is 21.6 Å². The van der Waals surface area contributed by atoms with Gasteiger partial charge in [0, 0.05) is 19.2 Å². The Labute approximate surface area is 215 Å². The Morgan fingerprint density at radius 1 is 1.29 bits per heavy atom. The van der Waals surface area contributed by atoms with Crippen molar-refractivity contribution in [3.05, 3.63) is 58.8 Å². The molecule has 184 valence electrons. The molecule has 1 aliphatic heterocycles. The molecule has 0 spiro atoms. The van der Waals surface area contributed by atoms with Gasteiger partial charge in [0.2, 0.25) is 5.91 Å². The van der Waals surface area contributed by atoms with Crippen LogP contribution >= 0.6 is 34.3 Å². The second kappa shape index (κ2) is 9.90. The number of methoxy groups -OCH3 is 1. The molecule has 35 heavy (non-hydrogen) atoms. The van der Waals surface area contributed by atoms with Crippen molar-refractivity contribution in [1.82, 2.24) is 9.29 Å². The van der Waals surface area contributed by atoms with Crippen molar-refractivity contribution in [2.24, 2.45) is 5.92 Å². The Morgan fingerprint density at radius 3 is 2.86 bits per heavy atom. The number of thiophene rings is 1. The Balaban J connectivity index is 1.44. The zero-order chi connectivity index (χ0) is 24.6. The zero-order valence-electron chi connectivity index (χ0n) is 18.7. The molecule has 4 heterocycles. The molecule has 1 aromatic carbocycles. The summed E-state index contributed by atoms with van der Waals surface area (Å²) in [6, 6.07) is 12.2. The largest absolute Gasteiger partial charge is 0.497 e. The van der Waals surface area contributed by atoms with Crippen LogP contribution in [0.4, 0.5) is 5.13 Å². The van der Waals surface area contributed by atoms with Crippen LogP contribution in [0.15, 0.2) is 57.4 Å². The second-order valence-electron chi connectivity index (χ2n) is 8.09. The highest BCUT2D eigenvalue weighted by Crippen LogP contribution is 2.35. The Kier molecular flexibility index (Phi) is 6.86. The molecule has 0 saturated carbocycles. The first-order chi connectivity index (χ1) is 16.8. The van der Waals surface area contributed by atoms with Crippen LogP contribution in [-0.2, 0) is 21.4 Å². The van der Waals surface area contributed by atoms with Gasteiger partial charge >= 0.3 is 0 Å². The minimum atomic E-state index is -3.72. The smallest absolute Gasteiger partial charge is 0.252 e. The monoisotopic (exact) mass is 551 g/mol. The van der Waals surface area contributed by atoms with Gasteiger partial charge in [-0.3, -0.25) is 9.69 Å². The van der Waals surface area contributed by atoms with E-state index >= 15 is 0 Å². The van der Waals surface area contributed by atoms with Crippen molar-refractivity contribution in [3.63, 3.8) is 0 Å². The van der Waals surface area contributed by atoms with E-state index in [9.17, 15) is 13.2 Å². The summed E-state index contributed by atoms with van der Waals surface area (Å²) in [5.41, 5.74) is 0.726. The average Bonchev–Trinajstić information content (AvgIpc) is 3.62. The third kappa shape index (κ3) is 4.96. The number of carbonyl (C=O) groups is 1. The van der Waals surface area contributed by atoms with Gasteiger partial charge in [-0.2, -0.15) is 4.31 Å². The SMILES string of the molecule is COc1ccc2sc(N(Cc3ccco3)C(=O)C3CCCN(S(=O)(=O)c4ccc(Cl)s4)C3)nc2c1.